The Hall–Kier alpha value is -3.99. The molecule has 2 amide bonds. The summed E-state index contributed by atoms with van der Waals surface area (Å²) in [6, 6.07) is 7.67. The van der Waals surface area contributed by atoms with Crippen LogP contribution in [-0.2, 0) is 22.4 Å². The fourth-order valence-electron chi connectivity index (χ4n) is 4.15. The summed E-state index contributed by atoms with van der Waals surface area (Å²) in [6.07, 6.45) is 2.81. The predicted octanol–water partition coefficient (Wildman–Crippen LogP) is 2.10. The van der Waals surface area contributed by atoms with Crippen molar-refractivity contribution in [2.45, 2.75) is 31.9 Å². The van der Waals surface area contributed by atoms with Gasteiger partial charge in [0.25, 0.3) is 11.5 Å². The Bertz CT molecular complexity index is 1320. The summed E-state index contributed by atoms with van der Waals surface area (Å²) < 4.78 is 24.6. The number of amides is 2. The molecule has 1 unspecified atom stereocenters. The van der Waals surface area contributed by atoms with E-state index in [4.69, 9.17) is 4.74 Å². The van der Waals surface area contributed by atoms with E-state index in [1.54, 1.807) is 18.2 Å². The minimum absolute atomic E-state index is 0.00158. The molecule has 0 radical (unpaired) electrons. The van der Waals surface area contributed by atoms with Gasteiger partial charge in [-0.2, -0.15) is 0 Å². The number of ether oxygens (including phenoxy) is 2. The number of aromatic nitrogens is 2. The highest BCUT2D eigenvalue weighted by molar-refractivity contribution is 6.01. The van der Waals surface area contributed by atoms with Crippen LogP contribution in [0.2, 0.25) is 0 Å². The molecule has 1 aliphatic heterocycles. The topological polar surface area (TPSA) is 132 Å². The van der Waals surface area contributed by atoms with E-state index >= 15 is 0 Å². The van der Waals surface area contributed by atoms with Gasteiger partial charge in [-0.25, -0.2) is 9.18 Å². The Labute approximate surface area is 206 Å². The molecule has 36 heavy (non-hydrogen) atoms. The van der Waals surface area contributed by atoms with Crippen LogP contribution in [0.3, 0.4) is 0 Å². The normalized spacial score (nSPS) is 15.1. The van der Waals surface area contributed by atoms with E-state index in [1.807, 2.05) is 0 Å². The predicted molar refractivity (Wildman–Crippen MR) is 129 cm³/mol. The second kappa shape index (κ2) is 11.2. The second-order valence-electron chi connectivity index (χ2n) is 8.46. The molecular weight excluding hydrogens is 471 g/mol. The number of nitrogens with zero attached hydrogens (tertiary/aromatic N) is 2. The number of fused-ring (bicyclic) bond motifs is 1. The van der Waals surface area contributed by atoms with Crippen LogP contribution in [0.15, 0.2) is 41.3 Å². The van der Waals surface area contributed by atoms with Crippen molar-refractivity contribution in [3.8, 4) is 5.75 Å². The van der Waals surface area contributed by atoms with Gasteiger partial charge in [-0.05, 0) is 48.6 Å². The summed E-state index contributed by atoms with van der Waals surface area (Å²) in [5.74, 6) is -1.61. The highest BCUT2D eigenvalue weighted by Gasteiger charge is 2.25. The largest absolute Gasteiger partial charge is 0.505 e. The lowest BCUT2D eigenvalue weighted by molar-refractivity contribution is 0.0854. The molecule has 1 fully saturated rings. The molecule has 0 spiro atoms. The summed E-state index contributed by atoms with van der Waals surface area (Å²) in [5.41, 5.74) is 0.734. The first-order valence-corrected chi connectivity index (χ1v) is 11.6. The van der Waals surface area contributed by atoms with E-state index in [2.05, 4.69) is 20.4 Å². The lowest BCUT2D eigenvalue weighted by Crippen LogP contribution is -2.38. The van der Waals surface area contributed by atoms with Gasteiger partial charge in [0.1, 0.15) is 16.9 Å². The molecule has 0 bridgehead atoms. The van der Waals surface area contributed by atoms with E-state index in [0.717, 1.165) is 18.4 Å². The number of halogens is 1. The van der Waals surface area contributed by atoms with Gasteiger partial charge in [-0.1, -0.05) is 12.1 Å². The number of nitrogens with one attached hydrogen (secondary N) is 2. The Morgan fingerprint density at radius 2 is 2.03 bits per heavy atom. The van der Waals surface area contributed by atoms with Gasteiger partial charge >= 0.3 is 6.09 Å². The first-order valence-electron chi connectivity index (χ1n) is 11.6. The fourth-order valence-corrected chi connectivity index (χ4v) is 4.15. The Morgan fingerprint density at radius 1 is 1.25 bits per heavy atom. The minimum atomic E-state index is -0.734. The van der Waals surface area contributed by atoms with Crippen molar-refractivity contribution in [1.82, 2.24) is 20.2 Å². The molecule has 4 rings (SSSR count). The van der Waals surface area contributed by atoms with Gasteiger partial charge in [0, 0.05) is 32.4 Å². The van der Waals surface area contributed by atoms with E-state index in [0.29, 0.717) is 24.1 Å². The molecule has 3 N–H and O–H groups in total. The lowest BCUT2D eigenvalue weighted by Gasteiger charge is -2.16. The molecule has 3 heterocycles. The van der Waals surface area contributed by atoms with Crippen LogP contribution in [-0.4, -0.2) is 59.6 Å². The van der Waals surface area contributed by atoms with Crippen LogP contribution in [0.5, 0.6) is 5.75 Å². The quantitative estimate of drug-likeness (QED) is 0.433. The summed E-state index contributed by atoms with van der Waals surface area (Å²) in [4.78, 5) is 42.1. The first kappa shape index (κ1) is 25.1. The summed E-state index contributed by atoms with van der Waals surface area (Å²) >= 11 is 0. The Morgan fingerprint density at radius 3 is 2.72 bits per heavy atom. The smallest absolute Gasteiger partial charge is 0.406 e. The highest BCUT2D eigenvalue weighted by atomic mass is 19.1. The van der Waals surface area contributed by atoms with Gasteiger partial charge in [0.2, 0.25) is 0 Å². The highest BCUT2D eigenvalue weighted by Crippen LogP contribution is 2.26. The number of pyridine rings is 2. The summed E-state index contributed by atoms with van der Waals surface area (Å²) in [6.45, 7) is 0.861. The van der Waals surface area contributed by atoms with Gasteiger partial charge in [-0.15, -0.1) is 0 Å². The number of benzene rings is 1. The molecule has 0 saturated carbocycles. The van der Waals surface area contributed by atoms with Crippen LogP contribution in [0.4, 0.5) is 9.18 Å². The number of carbonyl (C=O) groups excluding carboxylic acids is 2. The van der Waals surface area contributed by atoms with Crippen LogP contribution in [0.1, 0.15) is 34.3 Å². The summed E-state index contributed by atoms with van der Waals surface area (Å²) in [7, 11) is 1.22. The van der Waals surface area contributed by atoms with Crippen LogP contribution < -0.4 is 16.2 Å². The van der Waals surface area contributed by atoms with Crippen LogP contribution in [0, 0.1) is 5.82 Å². The fraction of sp³-hybridized carbons (Fsp3) is 0.360. The minimum Gasteiger partial charge on any atom is -0.505 e. The van der Waals surface area contributed by atoms with Crippen molar-refractivity contribution in [2.24, 2.45) is 0 Å². The Balaban J connectivity index is 1.70. The monoisotopic (exact) mass is 498 g/mol. The van der Waals surface area contributed by atoms with E-state index < -0.39 is 28.9 Å². The molecule has 1 aliphatic rings. The third-order valence-corrected chi connectivity index (χ3v) is 5.99. The molecule has 1 aromatic carbocycles. The van der Waals surface area contributed by atoms with Crippen molar-refractivity contribution in [3.05, 3.63) is 69.4 Å². The molecule has 1 atom stereocenters. The average molecular weight is 499 g/mol. The van der Waals surface area contributed by atoms with Gasteiger partial charge in [-0.3, -0.25) is 14.6 Å². The number of alkyl carbamates (subject to hydrolysis) is 1. The second-order valence-corrected chi connectivity index (χ2v) is 8.46. The SMILES string of the molecule is COC(=O)NCCn1c(=O)c(C(=O)NCC2CCCO2)c(O)c2ncc(Cc3ccc(F)cc3)cc21. The van der Waals surface area contributed by atoms with E-state index in [-0.39, 0.29) is 37.1 Å². The first-order chi connectivity index (χ1) is 17.4. The third-order valence-electron chi connectivity index (χ3n) is 5.99. The van der Waals surface area contributed by atoms with Gasteiger partial charge in [0.15, 0.2) is 5.75 Å². The van der Waals surface area contributed by atoms with Crippen molar-refractivity contribution >= 4 is 23.0 Å². The molecule has 3 aromatic rings. The maximum Gasteiger partial charge on any atom is 0.406 e. The molecule has 11 heteroatoms. The number of methoxy groups -OCH3 is 1. The third kappa shape index (κ3) is 5.62. The van der Waals surface area contributed by atoms with Gasteiger partial charge < -0.3 is 29.8 Å². The zero-order valence-electron chi connectivity index (χ0n) is 19.8. The van der Waals surface area contributed by atoms with Crippen molar-refractivity contribution in [1.29, 1.82) is 0 Å². The molecule has 2 aromatic heterocycles. The average Bonchev–Trinajstić information content (AvgIpc) is 3.40. The van der Waals surface area contributed by atoms with E-state index in [1.165, 1.54) is 30.0 Å². The number of aromatic hydroxyl groups is 1. The molecular formula is C25H27FN4O6. The number of hydrogen-bond donors (Lipinski definition) is 3. The molecule has 0 aliphatic carbocycles. The molecule has 190 valence electrons. The van der Waals surface area contributed by atoms with Gasteiger partial charge in [0.05, 0.1) is 18.7 Å². The Kier molecular flexibility index (Phi) is 7.79. The van der Waals surface area contributed by atoms with Crippen molar-refractivity contribution in [3.63, 3.8) is 0 Å². The zero-order valence-corrected chi connectivity index (χ0v) is 19.8. The van der Waals surface area contributed by atoms with E-state index in [9.17, 15) is 23.9 Å². The van der Waals surface area contributed by atoms with Crippen molar-refractivity contribution in [2.75, 3.05) is 26.8 Å². The maximum atomic E-state index is 13.4. The zero-order chi connectivity index (χ0) is 25.7. The number of carbonyl (C=O) groups is 2. The number of hydrogen-bond acceptors (Lipinski definition) is 7. The standard InChI is InChI=1S/C25H27FN4O6/c1-35-25(34)27-8-9-30-19-12-16(11-15-4-6-17(26)7-5-15)13-28-21(19)22(31)20(24(30)33)23(32)29-14-18-3-2-10-36-18/h4-7,12-13,18,31H,2-3,8-11,14H2,1H3,(H,27,34)(H,29,32). The molecule has 1 saturated heterocycles. The number of rotatable bonds is 8. The summed E-state index contributed by atoms with van der Waals surface area (Å²) in [5, 5.41) is 16.0. The van der Waals surface area contributed by atoms with Crippen LogP contribution in [0.25, 0.3) is 11.0 Å². The van der Waals surface area contributed by atoms with Crippen LogP contribution >= 0.6 is 0 Å². The molecule has 10 nitrogen and oxygen atoms in total. The maximum absolute atomic E-state index is 13.4. The van der Waals surface area contributed by atoms with Crippen molar-refractivity contribution < 1.29 is 28.6 Å². The lowest BCUT2D eigenvalue weighted by atomic mass is 10.1.